The molecule has 1 aliphatic heterocycles. The summed E-state index contributed by atoms with van der Waals surface area (Å²) in [6, 6.07) is 15.5. The summed E-state index contributed by atoms with van der Waals surface area (Å²) in [4.78, 5) is 19.6. The van der Waals surface area contributed by atoms with Gasteiger partial charge in [-0.05, 0) is 48.2 Å². The fourth-order valence-electron chi connectivity index (χ4n) is 3.17. The van der Waals surface area contributed by atoms with Gasteiger partial charge in [0, 0.05) is 12.1 Å². The Hall–Kier alpha value is -2.82. The Morgan fingerprint density at radius 2 is 1.84 bits per heavy atom. The number of likely N-dealkylation sites (tertiary alicyclic amines) is 1. The van der Waals surface area contributed by atoms with Gasteiger partial charge >= 0.3 is 0 Å². The van der Waals surface area contributed by atoms with E-state index < -0.39 is 0 Å². The molecule has 130 valence electrons. The molecular formula is C20H22N2O3. The van der Waals surface area contributed by atoms with E-state index in [2.05, 4.69) is 9.99 Å². The smallest absolute Gasteiger partial charge is 0.254 e. The van der Waals surface area contributed by atoms with Crippen molar-refractivity contribution in [2.45, 2.75) is 18.9 Å². The van der Waals surface area contributed by atoms with Crippen molar-refractivity contribution in [1.82, 2.24) is 4.90 Å². The largest absolute Gasteiger partial charge is 0.497 e. The molecule has 2 aromatic rings. The number of oxime groups is 1. The quantitative estimate of drug-likeness (QED) is 0.618. The van der Waals surface area contributed by atoms with Crippen LogP contribution in [0.25, 0.3) is 0 Å². The molecule has 0 spiro atoms. The summed E-state index contributed by atoms with van der Waals surface area (Å²) in [6.07, 6.45) is 3.61. The monoisotopic (exact) mass is 338 g/mol. The Balaban J connectivity index is 1.76. The van der Waals surface area contributed by atoms with Crippen LogP contribution in [0.5, 0.6) is 5.75 Å². The number of ether oxygens (including phenoxy) is 1. The summed E-state index contributed by atoms with van der Waals surface area (Å²) >= 11 is 0. The summed E-state index contributed by atoms with van der Waals surface area (Å²) in [5.74, 6) is 0.890. The second-order valence-electron chi connectivity index (χ2n) is 5.97. The maximum absolute atomic E-state index is 12.9. The minimum atomic E-state index is 0.0635. The lowest BCUT2D eigenvalue weighted by atomic mass is 10.0. The third-order valence-corrected chi connectivity index (χ3v) is 4.48. The van der Waals surface area contributed by atoms with Crippen molar-refractivity contribution < 1.29 is 14.4 Å². The molecule has 1 unspecified atom stereocenters. The Labute approximate surface area is 147 Å². The summed E-state index contributed by atoms with van der Waals surface area (Å²) < 4.78 is 5.21. The molecule has 2 aromatic carbocycles. The highest BCUT2D eigenvalue weighted by Crippen LogP contribution is 2.33. The Morgan fingerprint density at radius 3 is 2.48 bits per heavy atom. The molecule has 0 aromatic heterocycles. The van der Waals surface area contributed by atoms with Crippen LogP contribution in [0.4, 0.5) is 0 Å². The van der Waals surface area contributed by atoms with E-state index in [1.165, 1.54) is 7.11 Å². The highest BCUT2D eigenvalue weighted by Gasteiger charge is 2.30. The lowest BCUT2D eigenvalue weighted by molar-refractivity contribution is 0.0735. The number of carbonyl (C=O) groups is 1. The van der Waals surface area contributed by atoms with Gasteiger partial charge in [-0.15, -0.1) is 0 Å². The molecule has 0 saturated carbocycles. The number of carbonyl (C=O) groups excluding carboxylic acids is 1. The van der Waals surface area contributed by atoms with Crippen LogP contribution in [0.3, 0.4) is 0 Å². The highest BCUT2D eigenvalue weighted by molar-refractivity contribution is 5.95. The van der Waals surface area contributed by atoms with Gasteiger partial charge < -0.3 is 14.5 Å². The van der Waals surface area contributed by atoms with Crippen LogP contribution in [-0.2, 0) is 4.84 Å². The van der Waals surface area contributed by atoms with E-state index in [1.54, 1.807) is 13.3 Å². The van der Waals surface area contributed by atoms with Crippen LogP contribution >= 0.6 is 0 Å². The average Bonchev–Trinajstić information content (AvgIpc) is 3.16. The molecule has 1 saturated heterocycles. The molecule has 5 heteroatoms. The van der Waals surface area contributed by atoms with Gasteiger partial charge in [-0.2, -0.15) is 0 Å². The fraction of sp³-hybridized carbons (Fsp3) is 0.300. The van der Waals surface area contributed by atoms with Gasteiger partial charge in [0.2, 0.25) is 0 Å². The van der Waals surface area contributed by atoms with Crippen molar-refractivity contribution in [2.75, 3.05) is 20.8 Å². The lowest BCUT2D eigenvalue weighted by Crippen LogP contribution is -2.30. The van der Waals surface area contributed by atoms with Crippen LogP contribution in [0, 0.1) is 0 Å². The topological polar surface area (TPSA) is 51.1 Å². The second kappa shape index (κ2) is 7.83. The molecule has 1 aliphatic rings. The number of hydrogen-bond donors (Lipinski definition) is 0. The number of rotatable bonds is 5. The predicted molar refractivity (Wildman–Crippen MR) is 97.1 cm³/mol. The summed E-state index contributed by atoms with van der Waals surface area (Å²) in [5, 5.41) is 3.73. The summed E-state index contributed by atoms with van der Waals surface area (Å²) in [7, 11) is 3.16. The molecular weight excluding hydrogens is 316 g/mol. The van der Waals surface area contributed by atoms with Crippen molar-refractivity contribution in [1.29, 1.82) is 0 Å². The Morgan fingerprint density at radius 1 is 1.12 bits per heavy atom. The standard InChI is InChI=1S/C20H22N2O3/c1-24-18-11-9-16(10-12-18)19-4-3-13-22(19)20(23)17-7-5-15(6-8-17)14-21-25-2/h5-12,14,19H,3-4,13H2,1-2H3/b21-14+. The molecule has 0 bridgehead atoms. The zero-order valence-electron chi connectivity index (χ0n) is 14.5. The Bertz CT molecular complexity index is 739. The van der Waals surface area contributed by atoms with Crippen LogP contribution < -0.4 is 4.74 Å². The van der Waals surface area contributed by atoms with Crippen molar-refractivity contribution in [3.8, 4) is 5.75 Å². The van der Waals surface area contributed by atoms with Crippen LogP contribution in [-0.4, -0.2) is 37.8 Å². The number of methoxy groups -OCH3 is 1. The van der Waals surface area contributed by atoms with Crippen molar-refractivity contribution in [2.24, 2.45) is 5.16 Å². The number of hydrogen-bond acceptors (Lipinski definition) is 4. The average molecular weight is 338 g/mol. The summed E-state index contributed by atoms with van der Waals surface area (Å²) in [5.41, 5.74) is 2.73. The van der Waals surface area contributed by atoms with E-state index >= 15 is 0 Å². The van der Waals surface area contributed by atoms with Gasteiger partial charge in [0.25, 0.3) is 5.91 Å². The number of amides is 1. The molecule has 0 N–H and O–H groups in total. The first-order chi connectivity index (χ1) is 12.2. The molecule has 0 aliphatic carbocycles. The zero-order valence-corrected chi connectivity index (χ0v) is 14.5. The van der Waals surface area contributed by atoms with Gasteiger partial charge in [-0.25, -0.2) is 0 Å². The minimum absolute atomic E-state index is 0.0635. The normalized spacial score (nSPS) is 17.0. The first-order valence-corrected chi connectivity index (χ1v) is 8.34. The van der Waals surface area contributed by atoms with Gasteiger partial charge in [0.15, 0.2) is 0 Å². The van der Waals surface area contributed by atoms with Crippen molar-refractivity contribution in [3.63, 3.8) is 0 Å². The molecule has 1 atom stereocenters. The SMILES string of the molecule is CO/N=C/c1ccc(C(=O)N2CCCC2c2ccc(OC)cc2)cc1. The lowest BCUT2D eigenvalue weighted by Gasteiger charge is -2.25. The van der Waals surface area contributed by atoms with Crippen LogP contribution in [0.1, 0.15) is 40.4 Å². The van der Waals surface area contributed by atoms with Crippen LogP contribution in [0.15, 0.2) is 53.7 Å². The van der Waals surface area contributed by atoms with E-state index in [0.29, 0.717) is 5.56 Å². The maximum Gasteiger partial charge on any atom is 0.254 e. The third-order valence-electron chi connectivity index (χ3n) is 4.48. The van der Waals surface area contributed by atoms with Crippen LogP contribution in [0.2, 0.25) is 0 Å². The molecule has 1 amide bonds. The van der Waals surface area contributed by atoms with Crippen molar-refractivity contribution >= 4 is 12.1 Å². The zero-order chi connectivity index (χ0) is 17.6. The molecule has 5 nitrogen and oxygen atoms in total. The van der Waals surface area contributed by atoms with E-state index in [4.69, 9.17) is 4.74 Å². The number of nitrogens with zero attached hydrogens (tertiary/aromatic N) is 2. The molecule has 0 radical (unpaired) electrons. The first-order valence-electron chi connectivity index (χ1n) is 8.34. The van der Waals surface area contributed by atoms with Gasteiger partial charge in [-0.1, -0.05) is 29.4 Å². The van der Waals surface area contributed by atoms with Gasteiger partial charge in [0.05, 0.1) is 19.4 Å². The van der Waals surface area contributed by atoms with E-state index in [0.717, 1.165) is 36.3 Å². The third kappa shape index (κ3) is 3.82. The highest BCUT2D eigenvalue weighted by atomic mass is 16.6. The molecule has 1 heterocycles. The summed E-state index contributed by atoms with van der Waals surface area (Å²) in [6.45, 7) is 0.780. The van der Waals surface area contributed by atoms with E-state index in [1.807, 2.05) is 53.4 Å². The van der Waals surface area contributed by atoms with E-state index in [-0.39, 0.29) is 11.9 Å². The first kappa shape index (κ1) is 17.0. The maximum atomic E-state index is 12.9. The molecule has 1 fully saturated rings. The van der Waals surface area contributed by atoms with Gasteiger partial charge in [0.1, 0.15) is 12.9 Å². The minimum Gasteiger partial charge on any atom is -0.497 e. The number of benzene rings is 2. The Kier molecular flexibility index (Phi) is 5.33. The van der Waals surface area contributed by atoms with E-state index in [9.17, 15) is 4.79 Å². The molecule has 3 rings (SSSR count). The van der Waals surface area contributed by atoms with Gasteiger partial charge in [-0.3, -0.25) is 4.79 Å². The predicted octanol–water partition coefficient (Wildman–Crippen LogP) is 3.65. The molecule has 25 heavy (non-hydrogen) atoms. The van der Waals surface area contributed by atoms with Crippen molar-refractivity contribution in [3.05, 3.63) is 65.2 Å². The fourth-order valence-corrected chi connectivity index (χ4v) is 3.17. The second-order valence-corrected chi connectivity index (χ2v) is 5.97.